The third-order valence-electron chi connectivity index (χ3n) is 9.19. The molecule has 0 spiro atoms. The lowest BCUT2D eigenvalue weighted by Gasteiger charge is -2.50. The van der Waals surface area contributed by atoms with Crippen LogP contribution < -0.4 is 26.4 Å². The molecule has 2 amide bonds. The van der Waals surface area contributed by atoms with Gasteiger partial charge in [-0.3, -0.25) is 19.6 Å². The van der Waals surface area contributed by atoms with Crippen molar-refractivity contribution in [3.8, 4) is 5.75 Å². The van der Waals surface area contributed by atoms with E-state index in [1.807, 2.05) is 6.07 Å². The molecule has 8 N–H and O–H groups in total. The average Bonchev–Trinajstić information content (AvgIpc) is 3.47. The number of hydrogen-bond donors (Lipinski definition) is 7. The number of nitrogen functional groups attached to an aromatic ring is 1. The number of thiazole rings is 1. The summed E-state index contributed by atoms with van der Waals surface area (Å²) < 4.78 is 42.0. The van der Waals surface area contributed by atoms with Crippen LogP contribution >= 0.6 is 11.3 Å². The highest BCUT2D eigenvalue weighted by atomic mass is 32.3. The molecule has 0 bridgehead atoms. The number of rotatable bonds is 11. The molecule has 1 aromatic heterocycles. The molecule has 17 nitrogen and oxygen atoms in total. The number of nitrogens with two attached hydrogens (primary N) is 1. The Balaban J connectivity index is 1.30. The number of carbonyl (C=O) groups excluding carboxylic acids is 2. The van der Waals surface area contributed by atoms with Gasteiger partial charge in [-0.1, -0.05) is 19.0 Å². The van der Waals surface area contributed by atoms with Crippen molar-refractivity contribution in [1.29, 1.82) is 5.41 Å². The van der Waals surface area contributed by atoms with Gasteiger partial charge in [-0.05, 0) is 75.8 Å². The quantitative estimate of drug-likeness (QED) is 0.0556. The van der Waals surface area contributed by atoms with E-state index in [-0.39, 0.29) is 28.0 Å². The minimum absolute atomic E-state index is 0.00791. The molecule has 4 atom stereocenters. The highest BCUT2D eigenvalue weighted by molar-refractivity contribution is 7.80. The normalized spacial score (nSPS) is 24.5. The summed E-state index contributed by atoms with van der Waals surface area (Å²) in [6.07, 6.45) is 1.19. The number of carbonyl (C=O) groups is 2. The number of anilines is 1. The van der Waals surface area contributed by atoms with Gasteiger partial charge in [0.1, 0.15) is 29.4 Å². The van der Waals surface area contributed by atoms with Crippen LogP contribution in [0.2, 0.25) is 0 Å². The Labute approximate surface area is 288 Å². The number of aliphatic hydroxyl groups is 1. The van der Waals surface area contributed by atoms with E-state index in [1.54, 1.807) is 19.1 Å². The maximum atomic E-state index is 13.5. The number of amides is 2. The van der Waals surface area contributed by atoms with Crippen molar-refractivity contribution in [1.82, 2.24) is 26.0 Å². The molecule has 0 aliphatic carbocycles. The molecule has 4 heterocycles. The van der Waals surface area contributed by atoms with Crippen LogP contribution in [0.25, 0.3) is 0 Å². The summed E-state index contributed by atoms with van der Waals surface area (Å²) in [5, 5.41) is 34.5. The lowest BCUT2D eigenvalue weighted by molar-refractivity contribution is -0.218. The Morgan fingerprint density at radius 1 is 1.31 bits per heavy atom. The minimum Gasteiger partial charge on any atom is -0.486 e. The monoisotopic (exact) mass is 722 g/mol. The Kier molecular flexibility index (Phi) is 9.99. The maximum Gasteiger partial charge on any atom is 0.418 e. The SMILES string of the molecule is CC1(C)CNCCC1NC(=N)c1ccc2c(c1)CC[C@H]([C@@](C)(CO)O/N=C(\C(=O)N[C@@H]1C(=O)N(OS(=O)(=O)O)C1(C)C)c1csc(N)n1)O2. The van der Waals surface area contributed by atoms with Crippen LogP contribution in [0.15, 0.2) is 28.7 Å². The van der Waals surface area contributed by atoms with Crippen LogP contribution in [0.1, 0.15) is 64.3 Å². The number of nitrogens with one attached hydrogen (secondary N) is 4. The Hall–Kier alpha value is -3.88. The van der Waals surface area contributed by atoms with Crippen molar-refractivity contribution < 1.29 is 41.5 Å². The number of hydrogen-bond acceptors (Lipinski definition) is 14. The largest absolute Gasteiger partial charge is 0.486 e. The number of benzene rings is 1. The predicted octanol–water partition coefficient (Wildman–Crippen LogP) is 0.734. The maximum absolute atomic E-state index is 13.5. The molecular formula is C30H42N8O9S2. The smallest absolute Gasteiger partial charge is 0.418 e. The van der Waals surface area contributed by atoms with Crippen LogP contribution in [0.3, 0.4) is 0 Å². The first kappa shape index (κ1) is 36.4. The van der Waals surface area contributed by atoms with Crippen molar-refractivity contribution >= 4 is 50.2 Å². The molecule has 2 aromatic rings. The molecule has 3 aliphatic rings. The average molecular weight is 723 g/mol. The molecule has 49 heavy (non-hydrogen) atoms. The number of nitrogens with zero attached hydrogens (tertiary/aromatic N) is 3. The van der Waals surface area contributed by atoms with Crippen LogP contribution in [0.5, 0.6) is 5.75 Å². The first-order valence-electron chi connectivity index (χ1n) is 15.6. The summed E-state index contributed by atoms with van der Waals surface area (Å²) in [6, 6.07) is 4.40. The van der Waals surface area contributed by atoms with Crippen LogP contribution in [0, 0.1) is 10.8 Å². The second-order valence-electron chi connectivity index (χ2n) is 13.8. The lowest BCUT2D eigenvalue weighted by atomic mass is 9.80. The Morgan fingerprint density at radius 2 is 2.04 bits per heavy atom. The molecule has 0 radical (unpaired) electrons. The number of fused-ring (bicyclic) bond motifs is 1. The third-order valence-corrected chi connectivity index (χ3v) is 10.2. The number of oxime groups is 1. The number of aromatic nitrogens is 1. The van der Waals surface area contributed by atoms with Gasteiger partial charge in [0, 0.05) is 23.5 Å². The number of hydroxylamine groups is 2. The van der Waals surface area contributed by atoms with Crippen molar-refractivity contribution in [3.05, 3.63) is 40.4 Å². The number of aliphatic hydroxyl groups excluding tert-OH is 1. The highest BCUT2D eigenvalue weighted by Crippen LogP contribution is 2.35. The summed E-state index contributed by atoms with van der Waals surface area (Å²) in [6.45, 7) is 9.96. The molecule has 3 aliphatic heterocycles. The fraction of sp³-hybridized carbons (Fsp3) is 0.567. The van der Waals surface area contributed by atoms with Crippen molar-refractivity contribution in [2.24, 2.45) is 10.6 Å². The fourth-order valence-corrected chi connectivity index (χ4v) is 7.03. The van der Waals surface area contributed by atoms with Gasteiger partial charge < -0.3 is 36.4 Å². The third kappa shape index (κ3) is 7.65. The molecule has 2 fully saturated rings. The predicted molar refractivity (Wildman–Crippen MR) is 179 cm³/mol. The molecule has 268 valence electrons. The molecule has 5 rings (SSSR count). The number of β-lactam (4-membered cyclic amide) rings is 1. The van der Waals surface area contributed by atoms with Crippen molar-refractivity contribution in [2.45, 2.75) is 83.2 Å². The molecule has 1 unspecified atom stereocenters. The molecule has 0 saturated carbocycles. The molecule has 2 saturated heterocycles. The Bertz CT molecular complexity index is 1760. The standard InChI is InChI=1S/C30H42N8O9S2/c1-28(2)14-33-11-10-20(28)35-24(31)17-6-8-19-16(12-17)7-9-21(45-19)30(5,15-39)46-37-22(18-13-48-27(32)34-18)25(40)36-23-26(41)38(29(23,3)4)47-49(42,43)44/h6,8,12-13,20-21,23,33,39H,7,9-11,14-15H2,1-5H3,(H2,31,35)(H2,32,34)(H,36,40)(H,42,43,44)/b37-22-/t20?,21-,23-,30-/m1/s1. The lowest BCUT2D eigenvalue weighted by Crippen LogP contribution is -2.76. The van der Waals surface area contributed by atoms with E-state index < -0.39 is 52.1 Å². The highest BCUT2D eigenvalue weighted by Gasteiger charge is 2.58. The van der Waals surface area contributed by atoms with Crippen LogP contribution in [-0.2, 0) is 35.5 Å². The summed E-state index contributed by atoms with van der Waals surface area (Å²) >= 11 is 1.03. The van der Waals surface area contributed by atoms with Gasteiger partial charge >= 0.3 is 10.4 Å². The topological polar surface area (TPSA) is 251 Å². The van der Waals surface area contributed by atoms with Gasteiger partial charge in [0.2, 0.25) is 0 Å². The molecular weight excluding hydrogens is 681 g/mol. The number of aryl methyl sites for hydroxylation is 1. The van der Waals surface area contributed by atoms with Crippen LogP contribution in [0.4, 0.5) is 5.13 Å². The zero-order valence-corrected chi connectivity index (χ0v) is 29.4. The van der Waals surface area contributed by atoms with E-state index in [2.05, 4.69) is 44.2 Å². The second-order valence-corrected chi connectivity index (χ2v) is 15.7. The number of amidine groups is 1. The number of piperidine rings is 1. The van der Waals surface area contributed by atoms with Gasteiger partial charge in [-0.15, -0.1) is 15.6 Å². The zero-order chi connectivity index (χ0) is 35.9. The first-order chi connectivity index (χ1) is 22.8. The van der Waals surface area contributed by atoms with E-state index in [0.717, 1.165) is 42.0 Å². The minimum atomic E-state index is -4.99. The van der Waals surface area contributed by atoms with Gasteiger partial charge in [0.25, 0.3) is 11.8 Å². The van der Waals surface area contributed by atoms with E-state index in [1.165, 1.54) is 19.2 Å². The van der Waals surface area contributed by atoms with E-state index >= 15 is 0 Å². The summed E-state index contributed by atoms with van der Waals surface area (Å²) in [4.78, 5) is 36.1. The van der Waals surface area contributed by atoms with Gasteiger partial charge in [0.05, 0.1) is 12.1 Å². The first-order valence-corrected chi connectivity index (χ1v) is 17.9. The van der Waals surface area contributed by atoms with E-state index in [9.17, 15) is 23.1 Å². The van der Waals surface area contributed by atoms with Crippen molar-refractivity contribution in [2.75, 3.05) is 25.4 Å². The van der Waals surface area contributed by atoms with Gasteiger partial charge in [0.15, 0.2) is 16.4 Å². The summed E-state index contributed by atoms with van der Waals surface area (Å²) in [5.41, 5.74) is 4.27. The number of ether oxygens (including phenoxy) is 1. The van der Waals surface area contributed by atoms with Crippen LogP contribution in [-0.4, -0.2) is 101 Å². The van der Waals surface area contributed by atoms with Gasteiger partial charge in [-0.25, -0.2) is 4.98 Å². The molecule has 19 heteroatoms. The van der Waals surface area contributed by atoms with E-state index in [4.69, 9.17) is 25.3 Å². The van der Waals surface area contributed by atoms with Crippen molar-refractivity contribution in [3.63, 3.8) is 0 Å². The zero-order valence-electron chi connectivity index (χ0n) is 27.8. The Morgan fingerprint density at radius 3 is 2.65 bits per heavy atom. The van der Waals surface area contributed by atoms with E-state index in [0.29, 0.717) is 29.5 Å². The second kappa shape index (κ2) is 13.4. The summed E-state index contributed by atoms with van der Waals surface area (Å²) in [7, 11) is -4.99. The summed E-state index contributed by atoms with van der Waals surface area (Å²) in [5.74, 6) is -0.945. The van der Waals surface area contributed by atoms with Gasteiger partial charge in [-0.2, -0.15) is 13.5 Å². The fourth-order valence-electron chi connectivity index (χ4n) is 6.03. The molecule has 1 aromatic carbocycles.